The van der Waals surface area contributed by atoms with Crippen molar-refractivity contribution in [1.82, 2.24) is 19.5 Å². The van der Waals surface area contributed by atoms with Gasteiger partial charge in [-0.3, -0.25) is 9.36 Å². The van der Waals surface area contributed by atoms with Crippen molar-refractivity contribution in [3.8, 4) is 22.5 Å². The van der Waals surface area contributed by atoms with Crippen molar-refractivity contribution in [2.75, 3.05) is 0 Å². The van der Waals surface area contributed by atoms with Gasteiger partial charge in [-0.15, -0.1) is 0 Å². The second-order valence-corrected chi connectivity index (χ2v) is 7.58. The summed E-state index contributed by atoms with van der Waals surface area (Å²) >= 11 is 0. The van der Waals surface area contributed by atoms with Crippen LogP contribution in [0.2, 0.25) is 0 Å². The summed E-state index contributed by atoms with van der Waals surface area (Å²) in [6.07, 6.45) is 3.57. The van der Waals surface area contributed by atoms with E-state index in [0.29, 0.717) is 28.5 Å². The molecule has 0 bridgehead atoms. The van der Waals surface area contributed by atoms with E-state index in [-0.39, 0.29) is 5.56 Å². The summed E-state index contributed by atoms with van der Waals surface area (Å²) in [5.74, 6) is 0. The second kappa shape index (κ2) is 8.11. The van der Waals surface area contributed by atoms with Gasteiger partial charge >= 0.3 is 0 Å². The minimum atomic E-state index is -0.0650. The Morgan fingerprint density at radius 3 is 2.03 bits per heavy atom. The van der Waals surface area contributed by atoms with Crippen molar-refractivity contribution in [3.63, 3.8) is 0 Å². The van der Waals surface area contributed by atoms with Crippen LogP contribution in [0.3, 0.4) is 0 Å². The Kier molecular flexibility index (Phi) is 5.00. The quantitative estimate of drug-likeness (QED) is 0.363. The predicted octanol–water partition coefficient (Wildman–Crippen LogP) is 5.47. The van der Waals surface area contributed by atoms with Gasteiger partial charge in [-0.2, -0.15) is 0 Å². The molecule has 0 atom stereocenters. The van der Waals surface area contributed by atoms with E-state index in [0.717, 1.165) is 35.4 Å². The Morgan fingerprint density at radius 1 is 0.774 bits per heavy atom. The summed E-state index contributed by atoms with van der Waals surface area (Å²) in [5, 5.41) is 0.528. The third-order valence-corrected chi connectivity index (χ3v) is 5.47. The van der Waals surface area contributed by atoms with Crippen molar-refractivity contribution < 1.29 is 0 Å². The van der Waals surface area contributed by atoms with Crippen molar-refractivity contribution in [3.05, 3.63) is 89.5 Å². The first-order chi connectivity index (χ1) is 15.3. The Hall–Kier alpha value is -3.86. The number of hydrogen-bond acceptors (Lipinski definition) is 4. The van der Waals surface area contributed by atoms with Gasteiger partial charge in [0.1, 0.15) is 5.52 Å². The molecule has 5 rings (SSSR count). The number of benzene rings is 3. The fourth-order valence-electron chi connectivity index (χ4n) is 3.84. The lowest BCUT2D eigenvalue weighted by Gasteiger charge is -2.12. The summed E-state index contributed by atoms with van der Waals surface area (Å²) in [6, 6.07) is 23.8. The summed E-state index contributed by atoms with van der Waals surface area (Å²) in [5.41, 5.74) is 5.38. The Balaban J connectivity index is 1.85. The van der Waals surface area contributed by atoms with Crippen LogP contribution >= 0.6 is 0 Å². The topological polar surface area (TPSA) is 60.7 Å². The average Bonchev–Trinajstić information content (AvgIpc) is 2.83. The highest BCUT2D eigenvalue weighted by molar-refractivity contribution is 6.03. The number of aromatic nitrogens is 4. The van der Waals surface area contributed by atoms with Crippen LogP contribution in [0.25, 0.3) is 44.5 Å². The van der Waals surface area contributed by atoms with Crippen LogP contribution in [0.5, 0.6) is 0 Å². The summed E-state index contributed by atoms with van der Waals surface area (Å²) in [7, 11) is 0. The Labute approximate surface area is 180 Å². The highest BCUT2D eigenvalue weighted by atomic mass is 16.1. The van der Waals surface area contributed by atoms with Gasteiger partial charge in [0.15, 0.2) is 0 Å². The number of rotatable bonds is 5. The highest BCUT2D eigenvalue weighted by Crippen LogP contribution is 2.32. The molecule has 0 saturated heterocycles. The first-order valence-corrected chi connectivity index (χ1v) is 10.6. The van der Waals surface area contributed by atoms with E-state index >= 15 is 0 Å². The largest absolute Gasteiger partial charge is 0.299 e. The van der Waals surface area contributed by atoms with E-state index < -0.39 is 0 Å². The molecule has 0 radical (unpaired) electrons. The van der Waals surface area contributed by atoms with Crippen molar-refractivity contribution in [2.45, 2.75) is 26.3 Å². The molecular formula is C26H22N4O. The third kappa shape index (κ3) is 3.48. The molecule has 5 heteroatoms. The van der Waals surface area contributed by atoms with Gasteiger partial charge in [0.25, 0.3) is 5.56 Å². The average molecular weight is 406 g/mol. The van der Waals surface area contributed by atoms with Crippen LogP contribution in [0, 0.1) is 0 Å². The van der Waals surface area contributed by atoms with Gasteiger partial charge < -0.3 is 0 Å². The lowest BCUT2D eigenvalue weighted by atomic mass is 10.0. The van der Waals surface area contributed by atoms with Gasteiger partial charge in [0.2, 0.25) is 0 Å². The molecule has 0 aliphatic carbocycles. The number of unbranched alkanes of at least 4 members (excludes halogenated alkanes) is 1. The molecule has 2 heterocycles. The monoisotopic (exact) mass is 406 g/mol. The molecule has 0 unspecified atom stereocenters. The maximum absolute atomic E-state index is 13.3. The lowest BCUT2D eigenvalue weighted by Crippen LogP contribution is -2.21. The van der Waals surface area contributed by atoms with Gasteiger partial charge in [0, 0.05) is 17.7 Å². The SMILES string of the molecule is CCCCn1cnc2ccc3nc(-c4ccccc4)c(-c4ccccc4)nc3c2c1=O. The first-order valence-electron chi connectivity index (χ1n) is 10.6. The van der Waals surface area contributed by atoms with Crippen LogP contribution in [-0.2, 0) is 6.54 Å². The normalized spacial score (nSPS) is 11.3. The van der Waals surface area contributed by atoms with Gasteiger partial charge in [0.05, 0.1) is 34.1 Å². The summed E-state index contributed by atoms with van der Waals surface area (Å²) in [6.45, 7) is 2.76. The van der Waals surface area contributed by atoms with E-state index in [1.54, 1.807) is 10.9 Å². The molecule has 152 valence electrons. The van der Waals surface area contributed by atoms with E-state index in [1.807, 2.05) is 72.8 Å². The first kappa shape index (κ1) is 19.1. The van der Waals surface area contributed by atoms with E-state index in [4.69, 9.17) is 9.97 Å². The molecule has 2 aromatic heterocycles. The van der Waals surface area contributed by atoms with Crippen molar-refractivity contribution in [1.29, 1.82) is 0 Å². The Bertz CT molecular complexity index is 1430. The highest BCUT2D eigenvalue weighted by Gasteiger charge is 2.17. The second-order valence-electron chi connectivity index (χ2n) is 7.58. The lowest BCUT2D eigenvalue weighted by molar-refractivity contribution is 0.608. The molecule has 0 saturated carbocycles. The Morgan fingerprint density at radius 2 is 1.39 bits per heavy atom. The minimum absolute atomic E-state index is 0.0650. The van der Waals surface area contributed by atoms with E-state index in [9.17, 15) is 4.79 Å². The standard InChI is InChI=1S/C26H22N4O/c1-2-3-16-30-17-27-20-14-15-21-25(22(20)26(30)31)29-24(19-12-8-5-9-13-19)23(28-21)18-10-6-4-7-11-18/h4-15,17H,2-3,16H2,1H3. The molecule has 0 N–H and O–H groups in total. The van der Waals surface area contributed by atoms with Gasteiger partial charge in [-0.1, -0.05) is 74.0 Å². The zero-order valence-electron chi connectivity index (χ0n) is 17.3. The molecule has 5 aromatic rings. The number of aryl methyl sites for hydroxylation is 1. The smallest absolute Gasteiger partial charge is 0.263 e. The van der Waals surface area contributed by atoms with Crippen molar-refractivity contribution >= 4 is 21.9 Å². The summed E-state index contributed by atoms with van der Waals surface area (Å²) in [4.78, 5) is 27.8. The number of fused-ring (bicyclic) bond motifs is 3. The predicted molar refractivity (Wildman–Crippen MR) is 125 cm³/mol. The molecule has 0 spiro atoms. The minimum Gasteiger partial charge on any atom is -0.299 e. The van der Waals surface area contributed by atoms with Crippen LogP contribution in [0.15, 0.2) is 83.9 Å². The van der Waals surface area contributed by atoms with Crippen LogP contribution < -0.4 is 5.56 Å². The third-order valence-electron chi connectivity index (χ3n) is 5.47. The number of hydrogen-bond donors (Lipinski definition) is 0. The molecule has 0 aliphatic rings. The molecule has 0 fully saturated rings. The van der Waals surface area contributed by atoms with Crippen molar-refractivity contribution in [2.24, 2.45) is 0 Å². The molecule has 5 nitrogen and oxygen atoms in total. The fraction of sp³-hybridized carbons (Fsp3) is 0.154. The van der Waals surface area contributed by atoms with E-state index in [2.05, 4.69) is 11.9 Å². The number of nitrogens with zero attached hydrogens (tertiary/aromatic N) is 4. The molecular weight excluding hydrogens is 384 g/mol. The zero-order chi connectivity index (χ0) is 21.2. The van der Waals surface area contributed by atoms with Crippen LogP contribution in [0.4, 0.5) is 0 Å². The molecule has 0 amide bonds. The summed E-state index contributed by atoms with van der Waals surface area (Å²) < 4.78 is 1.68. The van der Waals surface area contributed by atoms with Gasteiger partial charge in [-0.25, -0.2) is 15.0 Å². The molecule has 3 aromatic carbocycles. The van der Waals surface area contributed by atoms with Gasteiger partial charge in [-0.05, 0) is 18.6 Å². The van der Waals surface area contributed by atoms with Crippen LogP contribution in [-0.4, -0.2) is 19.5 Å². The molecule has 31 heavy (non-hydrogen) atoms. The maximum Gasteiger partial charge on any atom is 0.263 e. The molecule has 0 aliphatic heterocycles. The fourth-order valence-corrected chi connectivity index (χ4v) is 3.84. The maximum atomic E-state index is 13.3. The van der Waals surface area contributed by atoms with E-state index in [1.165, 1.54) is 0 Å². The van der Waals surface area contributed by atoms with Crippen LogP contribution in [0.1, 0.15) is 19.8 Å². The zero-order valence-corrected chi connectivity index (χ0v) is 17.3.